The maximum Gasteiger partial charge on any atom is 0.251 e. The molecule has 5 rings (SSSR count). The number of ether oxygens (including phenoxy) is 2. The van der Waals surface area contributed by atoms with Crippen LogP contribution in [0.3, 0.4) is 0 Å². The van der Waals surface area contributed by atoms with Gasteiger partial charge in [0, 0.05) is 47.7 Å². The van der Waals surface area contributed by atoms with Gasteiger partial charge in [0.1, 0.15) is 5.75 Å². The molecule has 6 heteroatoms. The number of amides is 1. The van der Waals surface area contributed by atoms with Crippen molar-refractivity contribution in [2.24, 2.45) is 0 Å². The summed E-state index contributed by atoms with van der Waals surface area (Å²) in [6, 6.07) is 23.5. The van der Waals surface area contributed by atoms with Gasteiger partial charge in [0.25, 0.3) is 5.91 Å². The van der Waals surface area contributed by atoms with E-state index in [0.29, 0.717) is 12.6 Å². The SMILES string of the molecule is CCOc1ccc(-c2ccc3c(c2)C=C(C(=O)Nc2ccc(CN(C)C4CCOCC4)cc2)CCS3)cc1. The first-order valence-electron chi connectivity index (χ1n) is 13.5. The summed E-state index contributed by atoms with van der Waals surface area (Å²) in [6.07, 6.45) is 4.96. The van der Waals surface area contributed by atoms with Gasteiger partial charge in [-0.15, -0.1) is 11.8 Å². The number of hydrogen-bond donors (Lipinski definition) is 1. The van der Waals surface area contributed by atoms with Crippen molar-refractivity contribution in [3.05, 3.63) is 83.4 Å². The minimum atomic E-state index is -0.0306. The van der Waals surface area contributed by atoms with Crippen molar-refractivity contribution in [1.29, 1.82) is 0 Å². The van der Waals surface area contributed by atoms with Crippen LogP contribution in [0.15, 0.2) is 77.2 Å². The lowest BCUT2D eigenvalue weighted by molar-refractivity contribution is -0.112. The molecule has 0 saturated carbocycles. The number of carbonyl (C=O) groups excluding carboxylic acids is 1. The summed E-state index contributed by atoms with van der Waals surface area (Å²) in [4.78, 5) is 16.8. The first-order valence-corrected chi connectivity index (χ1v) is 14.5. The number of carbonyl (C=O) groups is 1. The molecule has 0 atom stereocenters. The number of nitrogens with zero attached hydrogens (tertiary/aromatic N) is 1. The van der Waals surface area contributed by atoms with Gasteiger partial charge in [-0.25, -0.2) is 0 Å². The lowest BCUT2D eigenvalue weighted by Crippen LogP contribution is -2.36. The highest BCUT2D eigenvalue weighted by Gasteiger charge is 2.19. The Morgan fingerprint density at radius 1 is 1.03 bits per heavy atom. The average Bonchev–Trinajstić information content (AvgIpc) is 3.17. The molecule has 1 saturated heterocycles. The average molecular weight is 529 g/mol. The number of anilines is 1. The molecule has 0 aromatic heterocycles. The van der Waals surface area contributed by atoms with E-state index in [1.807, 2.05) is 31.2 Å². The molecule has 0 aliphatic carbocycles. The number of nitrogens with one attached hydrogen (secondary N) is 1. The van der Waals surface area contributed by atoms with E-state index in [0.717, 1.165) is 78.5 Å². The van der Waals surface area contributed by atoms with Crippen molar-refractivity contribution in [2.45, 2.75) is 43.7 Å². The van der Waals surface area contributed by atoms with Crippen molar-refractivity contribution < 1.29 is 14.3 Å². The van der Waals surface area contributed by atoms with Crippen LogP contribution in [0.25, 0.3) is 17.2 Å². The topological polar surface area (TPSA) is 50.8 Å². The molecule has 3 aromatic rings. The maximum atomic E-state index is 13.2. The minimum Gasteiger partial charge on any atom is -0.494 e. The van der Waals surface area contributed by atoms with E-state index in [9.17, 15) is 4.79 Å². The van der Waals surface area contributed by atoms with Crippen LogP contribution in [0, 0.1) is 0 Å². The molecule has 5 nitrogen and oxygen atoms in total. The first kappa shape index (κ1) is 26.5. The van der Waals surface area contributed by atoms with E-state index in [2.05, 4.69) is 65.8 Å². The molecule has 0 bridgehead atoms. The fraction of sp³-hybridized carbons (Fsp3) is 0.344. The van der Waals surface area contributed by atoms with Crippen LogP contribution in [0.1, 0.15) is 37.3 Å². The van der Waals surface area contributed by atoms with E-state index < -0.39 is 0 Å². The smallest absolute Gasteiger partial charge is 0.251 e. The van der Waals surface area contributed by atoms with Crippen LogP contribution in [0.4, 0.5) is 5.69 Å². The van der Waals surface area contributed by atoms with Gasteiger partial charge in [-0.1, -0.05) is 30.3 Å². The number of hydrogen-bond acceptors (Lipinski definition) is 5. The minimum absolute atomic E-state index is 0.0306. The molecular weight excluding hydrogens is 492 g/mol. The van der Waals surface area contributed by atoms with E-state index in [4.69, 9.17) is 9.47 Å². The molecule has 1 amide bonds. The third-order valence-corrected chi connectivity index (χ3v) is 8.31. The molecule has 198 valence electrons. The van der Waals surface area contributed by atoms with Crippen LogP contribution < -0.4 is 10.1 Å². The molecule has 2 aliphatic heterocycles. The Bertz CT molecular complexity index is 1260. The van der Waals surface area contributed by atoms with Gasteiger partial charge in [-0.3, -0.25) is 9.69 Å². The molecular formula is C32H36N2O3S. The quantitative estimate of drug-likeness (QED) is 0.345. The largest absolute Gasteiger partial charge is 0.494 e. The summed E-state index contributed by atoms with van der Waals surface area (Å²) in [5.74, 6) is 1.73. The maximum absolute atomic E-state index is 13.2. The second kappa shape index (κ2) is 12.7. The standard InChI is InChI=1S/C32H36N2O3S/c1-3-37-30-11-6-24(7-12-30)25-8-13-31-27(20-25)21-26(16-19-38-31)32(35)33-28-9-4-23(5-10-28)22-34(2)29-14-17-36-18-15-29/h4-13,20-21,29H,3,14-19,22H2,1-2H3,(H,33,35). The molecule has 0 unspecified atom stereocenters. The molecule has 2 heterocycles. The number of thioether (sulfide) groups is 1. The Hall–Kier alpha value is -3.06. The van der Waals surface area contributed by atoms with Gasteiger partial charge in [0.2, 0.25) is 0 Å². The van der Waals surface area contributed by atoms with Crippen molar-refractivity contribution in [3.8, 4) is 16.9 Å². The first-order chi connectivity index (χ1) is 18.6. The van der Waals surface area contributed by atoms with Crippen LogP contribution in [0.2, 0.25) is 0 Å². The van der Waals surface area contributed by atoms with E-state index in [1.165, 1.54) is 10.5 Å². The van der Waals surface area contributed by atoms with Crippen LogP contribution in [-0.2, 0) is 16.1 Å². The lowest BCUT2D eigenvalue weighted by atomic mass is 10.0. The molecule has 0 radical (unpaired) electrons. The van der Waals surface area contributed by atoms with Crippen molar-refractivity contribution in [3.63, 3.8) is 0 Å². The number of rotatable bonds is 8. The zero-order valence-electron chi connectivity index (χ0n) is 22.2. The fourth-order valence-electron chi connectivity index (χ4n) is 5.04. The highest BCUT2D eigenvalue weighted by molar-refractivity contribution is 7.99. The summed E-state index contributed by atoms with van der Waals surface area (Å²) < 4.78 is 11.1. The Morgan fingerprint density at radius 3 is 2.50 bits per heavy atom. The molecule has 38 heavy (non-hydrogen) atoms. The Morgan fingerprint density at radius 2 is 1.76 bits per heavy atom. The molecule has 3 aromatic carbocycles. The normalized spacial score (nSPS) is 15.9. The zero-order valence-corrected chi connectivity index (χ0v) is 23.1. The summed E-state index contributed by atoms with van der Waals surface area (Å²) in [7, 11) is 2.18. The Labute approximate surface area is 230 Å². The van der Waals surface area contributed by atoms with Crippen molar-refractivity contribution >= 4 is 29.4 Å². The highest BCUT2D eigenvalue weighted by Crippen LogP contribution is 2.34. The van der Waals surface area contributed by atoms with Crippen molar-refractivity contribution in [1.82, 2.24) is 4.90 Å². The third kappa shape index (κ3) is 6.68. The molecule has 1 N–H and O–H groups in total. The summed E-state index contributed by atoms with van der Waals surface area (Å²) in [5.41, 5.74) is 6.24. The molecule has 1 fully saturated rings. The molecule has 0 spiro atoms. The number of benzene rings is 3. The Kier molecular flexibility index (Phi) is 8.84. The van der Waals surface area contributed by atoms with E-state index >= 15 is 0 Å². The fourth-order valence-corrected chi connectivity index (χ4v) is 6.03. The van der Waals surface area contributed by atoms with Crippen LogP contribution >= 0.6 is 11.8 Å². The summed E-state index contributed by atoms with van der Waals surface area (Å²) in [5, 5.41) is 3.12. The monoisotopic (exact) mass is 528 g/mol. The zero-order chi connectivity index (χ0) is 26.3. The highest BCUT2D eigenvalue weighted by atomic mass is 32.2. The van der Waals surface area contributed by atoms with Gasteiger partial charge >= 0.3 is 0 Å². The molecule has 2 aliphatic rings. The number of fused-ring (bicyclic) bond motifs is 1. The van der Waals surface area contributed by atoms with E-state index in [-0.39, 0.29) is 5.91 Å². The van der Waals surface area contributed by atoms with Crippen LogP contribution in [-0.4, -0.2) is 49.5 Å². The summed E-state index contributed by atoms with van der Waals surface area (Å²) in [6.45, 7) is 5.24. The van der Waals surface area contributed by atoms with Crippen LogP contribution in [0.5, 0.6) is 5.75 Å². The second-order valence-corrected chi connectivity index (χ2v) is 11.0. The lowest BCUT2D eigenvalue weighted by Gasteiger charge is -2.31. The van der Waals surface area contributed by atoms with Gasteiger partial charge in [-0.05, 0) is 98.0 Å². The predicted octanol–water partition coefficient (Wildman–Crippen LogP) is 6.88. The van der Waals surface area contributed by atoms with E-state index in [1.54, 1.807) is 11.8 Å². The van der Waals surface area contributed by atoms with Gasteiger partial charge in [0.05, 0.1) is 6.61 Å². The predicted molar refractivity (Wildman–Crippen MR) is 157 cm³/mol. The van der Waals surface area contributed by atoms with Crippen molar-refractivity contribution in [2.75, 3.05) is 37.9 Å². The van der Waals surface area contributed by atoms with Gasteiger partial charge in [0.15, 0.2) is 0 Å². The van der Waals surface area contributed by atoms with Gasteiger partial charge in [-0.2, -0.15) is 0 Å². The third-order valence-electron chi connectivity index (χ3n) is 7.22. The summed E-state index contributed by atoms with van der Waals surface area (Å²) >= 11 is 1.80. The second-order valence-electron chi connectivity index (χ2n) is 9.89. The Balaban J connectivity index is 1.25. The van der Waals surface area contributed by atoms with Gasteiger partial charge < -0.3 is 14.8 Å².